The van der Waals surface area contributed by atoms with Crippen molar-refractivity contribution in [2.45, 2.75) is 70.7 Å². The molecule has 1 saturated heterocycles. The zero-order chi connectivity index (χ0) is 23.7. The lowest BCUT2D eigenvalue weighted by Crippen LogP contribution is -2.49. The van der Waals surface area contributed by atoms with Crippen LogP contribution < -0.4 is 0 Å². The second-order valence-electron chi connectivity index (χ2n) is 10.0. The number of benzene rings is 1. The van der Waals surface area contributed by atoms with Gasteiger partial charge in [0.2, 0.25) is 0 Å². The Bertz CT molecular complexity index is 815. The van der Waals surface area contributed by atoms with Crippen LogP contribution in [0.4, 0.5) is 18.0 Å². The maximum Gasteiger partial charge on any atom is 0.492 e. The lowest BCUT2D eigenvalue weighted by atomic mass is 9.80. The molecule has 3 rings (SSSR count). The third-order valence-corrected chi connectivity index (χ3v) is 5.95. The van der Waals surface area contributed by atoms with E-state index in [-0.39, 0.29) is 18.5 Å². The summed E-state index contributed by atoms with van der Waals surface area (Å²) in [6.07, 6.45) is -3.71. The Morgan fingerprint density at radius 1 is 1.12 bits per heavy atom. The summed E-state index contributed by atoms with van der Waals surface area (Å²) in [5, 5.41) is 1.22. The molecule has 6 nitrogen and oxygen atoms in total. The first-order valence-electron chi connectivity index (χ1n) is 10.9. The molecule has 32 heavy (non-hydrogen) atoms. The number of hydrogen-bond acceptors (Lipinski definition) is 5. The van der Waals surface area contributed by atoms with Crippen molar-refractivity contribution in [1.82, 2.24) is 9.96 Å². The van der Waals surface area contributed by atoms with Crippen molar-refractivity contribution >= 4 is 12.1 Å². The van der Waals surface area contributed by atoms with Crippen LogP contribution in [0.15, 0.2) is 30.3 Å². The molecule has 1 aliphatic heterocycles. The van der Waals surface area contributed by atoms with Crippen molar-refractivity contribution in [2.24, 2.45) is 5.41 Å². The van der Waals surface area contributed by atoms with Gasteiger partial charge in [0.25, 0.3) is 0 Å². The van der Waals surface area contributed by atoms with Gasteiger partial charge in [-0.1, -0.05) is 37.3 Å². The van der Waals surface area contributed by atoms with Gasteiger partial charge in [-0.2, -0.15) is 13.2 Å². The SMILES string of the molecule is CC1(CN(OC(=O)C(F)(F)F)[C@@H]2C[C@H]2c2ccccc2)CCN(C(=O)OC(C)(C)C)CC1. The van der Waals surface area contributed by atoms with Gasteiger partial charge in [-0.05, 0) is 51.0 Å². The summed E-state index contributed by atoms with van der Waals surface area (Å²) < 4.78 is 44.1. The van der Waals surface area contributed by atoms with E-state index in [0.717, 1.165) is 5.56 Å². The average molecular weight is 457 g/mol. The van der Waals surface area contributed by atoms with Crippen LogP contribution in [0.3, 0.4) is 0 Å². The van der Waals surface area contributed by atoms with Crippen molar-refractivity contribution < 1.29 is 32.3 Å². The number of hydroxylamine groups is 2. The number of likely N-dealkylation sites (tertiary alicyclic amines) is 1. The standard InChI is InChI=1S/C23H31F3N2O4/c1-21(2,3)31-20(30)27-12-10-22(4,11-13-27)15-28(32-19(29)23(24,25)26)18-14-17(18)16-8-6-5-7-9-16/h5-9,17-18H,10-15H2,1-4H3/t17-,18+/m0/s1. The molecule has 1 amide bonds. The summed E-state index contributed by atoms with van der Waals surface area (Å²) in [4.78, 5) is 30.4. The van der Waals surface area contributed by atoms with E-state index in [9.17, 15) is 22.8 Å². The number of nitrogens with zero attached hydrogens (tertiary/aromatic N) is 2. The third-order valence-electron chi connectivity index (χ3n) is 5.95. The number of carbonyl (C=O) groups is 2. The molecular formula is C23H31F3N2O4. The lowest BCUT2D eigenvalue weighted by molar-refractivity contribution is -0.246. The molecular weight excluding hydrogens is 425 g/mol. The molecule has 2 atom stereocenters. The highest BCUT2D eigenvalue weighted by Gasteiger charge is 2.50. The fourth-order valence-electron chi connectivity index (χ4n) is 4.02. The maximum absolute atomic E-state index is 12.9. The van der Waals surface area contributed by atoms with Crippen LogP contribution in [0.1, 0.15) is 58.4 Å². The molecule has 0 N–H and O–H groups in total. The number of halogens is 3. The predicted octanol–water partition coefficient (Wildman–Crippen LogP) is 4.90. The Balaban J connectivity index is 1.66. The van der Waals surface area contributed by atoms with E-state index in [0.29, 0.717) is 32.4 Å². The van der Waals surface area contributed by atoms with Gasteiger partial charge in [-0.15, -0.1) is 5.06 Å². The zero-order valence-corrected chi connectivity index (χ0v) is 18.9. The minimum atomic E-state index is -5.06. The quantitative estimate of drug-likeness (QED) is 0.590. The molecule has 0 radical (unpaired) electrons. The van der Waals surface area contributed by atoms with E-state index < -0.39 is 29.3 Å². The lowest BCUT2D eigenvalue weighted by Gasteiger charge is -2.41. The zero-order valence-electron chi connectivity index (χ0n) is 18.9. The molecule has 1 aromatic carbocycles. The van der Waals surface area contributed by atoms with Gasteiger partial charge < -0.3 is 14.5 Å². The van der Waals surface area contributed by atoms with Crippen LogP contribution in [-0.4, -0.2) is 59.5 Å². The number of hydrogen-bond donors (Lipinski definition) is 0. The number of piperidine rings is 1. The number of alkyl halides is 3. The van der Waals surface area contributed by atoms with Crippen LogP contribution in [0.5, 0.6) is 0 Å². The van der Waals surface area contributed by atoms with E-state index >= 15 is 0 Å². The number of amides is 1. The van der Waals surface area contributed by atoms with Gasteiger partial charge in [-0.3, -0.25) is 0 Å². The molecule has 1 aromatic rings. The Kier molecular flexibility index (Phi) is 6.79. The Hall–Kier alpha value is -2.29. The van der Waals surface area contributed by atoms with Crippen LogP contribution >= 0.6 is 0 Å². The fraction of sp³-hybridized carbons (Fsp3) is 0.652. The first-order valence-corrected chi connectivity index (χ1v) is 10.9. The first-order chi connectivity index (χ1) is 14.8. The smallest absolute Gasteiger partial charge is 0.444 e. The van der Waals surface area contributed by atoms with Crippen molar-refractivity contribution in [2.75, 3.05) is 19.6 Å². The van der Waals surface area contributed by atoms with Crippen molar-refractivity contribution in [3.63, 3.8) is 0 Å². The second kappa shape index (κ2) is 8.92. The monoisotopic (exact) mass is 456 g/mol. The highest BCUT2D eigenvalue weighted by molar-refractivity contribution is 5.75. The van der Waals surface area contributed by atoms with E-state index in [2.05, 4.69) is 0 Å². The first kappa shape index (κ1) is 24.4. The van der Waals surface area contributed by atoms with Gasteiger partial charge in [0.1, 0.15) is 5.60 Å². The minimum Gasteiger partial charge on any atom is -0.444 e. The van der Waals surface area contributed by atoms with Crippen molar-refractivity contribution in [1.29, 1.82) is 0 Å². The Morgan fingerprint density at radius 2 is 1.72 bits per heavy atom. The molecule has 9 heteroatoms. The topological polar surface area (TPSA) is 59.1 Å². The van der Waals surface area contributed by atoms with Crippen molar-refractivity contribution in [3.05, 3.63) is 35.9 Å². The van der Waals surface area contributed by atoms with Crippen LogP contribution in [0, 0.1) is 5.41 Å². The Morgan fingerprint density at radius 3 is 2.25 bits per heavy atom. The number of rotatable bonds is 5. The van der Waals surface area contributed by atoms with Crippen LogP contribution in [0.2, 0.25) is 0 Å². The molecule has 0 unspecified atom stereocenters. The molecule has 0 spiro atoms. The van der Waals surface area contributed by atoms with Crippen LogP contribution in [-0.2, 0) is 14.4 Å². The normalized spacial score (nSPS) is 23.1. The molecule has 178 valence electrons. The summed E-state index contributed by atoms with van der Waals surface area (Å²) in [5.74, 6) is -2.19. The average Bonchev–Trinajstić information content (AvgIpc) is 3.47. The summed E-state index contributed by atoms with van der Waals surface area (Å²) in [5.41, 5.74) is 0.00281. The maximum atomic E-state index is 12.9. The summed E-state index contributed by atoms with van der Waals surface area (Å²) in [6.45, 7) is 8.37. The molecule has 2 aliphatic rings. The third kappa shape index (κ3) is 6.37. The van der Waals surface area contributed by atoms with Gasteiger partial charge >= 0.3 is 18.2 Å². The minimum absolute atomic E-state index is 0.0164. The predicted molar refractivity (Wildman–Crippen MR) is 112 cm³/mol. The van der Waals surface area contributed by atoms with Crippen LogP contribution in [0.25, 0.3) is 0 Å². The van der Waals surface area contributed by atoms with Gasteiger partial charge in [-0.25, -0.2) is 9.59 Å². The summed E-state index contributed by atoms with van der Waals surface area (Å²) in [7, 11) is 0. The molecule has 0 bridgehead atoms. The van der Waals surface area contributed by atoms with Gasteiger partial charge in [0.15, 0.2) is 0 Å². The summed E-state index contributed by atoms with van der Waals surface area (Å²) in [6, 6.07) is 9.19. The molecule has 1 heterocycles. The Labute approximate surface area is 186 Å². The fourth-order valence-corrected chi connectivity index (χ4v) is 4.02. The second-order valence-corrected chi connectivity index (χ2v) is 10.0. The van der Waals surface area contributed by atoms with E-state index in [4.69, 9.17) is 9.57 Å². The molecule has 1 aliphatic carbocycles. The van der Waals surface area contributed by atoms with Crippen molar-refractivity contribution in [3.8, 4) is 0 Å². The van der Waals surface area contributed by atoms with Gasteiger partial charge in [0, 0.05) is 25.6 Å². The van der Waals surface area contributed by atoms with E-state index in [1.165, 1.54) is 5.06 Å². The highest BCUT2D eigenvalue weighted by Crippen LogP contribution is 2.47. The van der Waals surface area contributed by atoms with E-state index in [1.807, 2.05) is 37.3 Å². The summed E-state index contributed by atoms with van der Waals surface area (Å²) >= 11 is 0. The van der Waals surface area contributed by atoms with Gasteiger partial charge in [0.05, 0.1) is 6.04 Å². The number of carbonyl (C=O) groups excluding carboxylic acids is 2. The highest BCUT2D eigenvalue weighted by atomic mass is 19.4. The number of ether oxygens (including phenoxy) is 1. The molecule has 1 saturated carbocycles. The molecule has 2 fully saturated rings. The largest absolute Gasteiger partial charge is 0.492 e. The molecule has 0 aromatic heterocycles. The van der Waals surface area contributed by atoms with E-state index in [1.54, 1.807) is 25.7 Å².